The summed E-state index contributed by atoms with van der Waals surface area (Å²) in [6.45, 7) is 1.72. The molecule has 0 atom stereocenters. The van der Waals surface area contributed by atoms with E-state index in [9.17, 15) is 4.79 Å². The fraction of sp³-hybridized carbons (Fsp3) is 0.182. The Morgan fingerprint density at radius 1 is 1.44 bits per heavy atom. The van der Waals surface area contributed by atoms with Crippen LogP contribution in [-0.4, -0.2) is 12.5 Å². The van der Waals surface area contributed by atoms with Crippen LogP contribution in [0.3, 0.4) is 0 Å². The maximum Gasteiger partial charge on any atom is 0.217 e. The summed E-state index contributed by atoms with van der Waals surface area (Å²) < 4.78 is 0. The molecule has 1 rings (SSSR count). The zero-order valence-corrected chi connectivity index (χ0v) is 9.18. The topological polar surface area (TPSA) is 84.4 Å². The maximum absolute atomic E-state index is 10.7. The van der Waals surface area contributed by atoms with E-state index in [1.165, 1.54) is 11.9 Å². The highest BCUT2D eigenvalue weighted by molar-refractivity contribution is 5.73. The Morgan fingerprint density at radius 3 is 2.62 bits per heavy atom. The van der Waals surface area contributed by atoms with Crippen LogP contribution in [-0.2, 0) is 4.79 Å². The smallest absolute Gasteiger partial charge is 0.217 e. The highest BCUT2D eigenvalue weighted by Crippen LogP contribution is 2.09. The van der Waals surface area contributed by atoms with Crippen molar-refractivity contribution in [1.29, 1.82) is 0 Å². The highest BCUT2D eigenvalue weighted by Gasteiger charge is 1.98. The van der Waals surface area contributed by atoms with Gasteiger partial charge in [0.1, 0.15) is 0 Å². The molecular weight excluding hydrogens is 204 g/mol. The number of carbonyl (C=O) groups excluding carboxylic acids is 1. The van der Waals surface area contributed by atoms with Gasteiger partial charge in [-0.05, 0) is 12.1 Å². The molecule has 0 spiro atoms. The Balaban J connectivity index is 2.58. The molecule has 0 aliphatic rings. The summed E-state index contributed by atoms with van der Waals surface area (Å²) in [5.41, 5.74) is 7.00. The van der Waals surface area contributed by atoms with Crippen LogP contribution in [0.1, 0.15) is 6.92 Å². The van der Waals surface area contributed by atoms with Crippen molar-refractivity contribution in [2.75, 3.05) is 11.6 Å². The number of nitrogens with two attached hydrogens (primary N) is 2. The van der Waals surface area contributed by atoms with Gasteiger partial charge in [0.25, 0.3) is 0 Å². The van der Waals surface area contributed by atoms with Gasteiger partial charge in [-0.15, -0.1) is 0 Å². The van der Waals surface area contributed by atoms with Crippen molar-refractivity contribution in [3.8, 4) is 0 Å². The van der Waals surface area contributed by atoms with Crippen LogP contribution in [0.25, 0.3) is 0 Å². The number of para-hydroxylation sites is 1. The summed E-state index contributed by atoms with van der Waals surface area (Å²) in [5.74, 6) is 5.64. The van der Waals surface area contributed by atoms with Crippen LogP contribution in [0, 0.1) is 0 Å². The van der Waals surface area contributed by atoms with Crippen LogP contribution in [0.15, 0.2) is 42.2 Å². The highest BCUT2D eigenvalue weighted by atomic mass is 16.1. The molecular formula is C11H16N4O. The number of rotatable bonds is 4. The van der Waals surface area contributed by atoms with Gasteiger partial charge >= 0.3 is 0 Å². The first-order valence-corrected chi connectivity index (χ1v) is 4.89. The summed E-state index contributed by atoms with van der Waals surface area (Å²) >= 11 is 0. The minimum Gasteiger partial charge on any atom is -0.399 e. The summed E-state index contributed by atoms with van der Waals surface area (Å²) in [5, 5.41) is 4.00. The van der Waals surface area contributed by atoms with Crippen LogP contribution in [0.2, 0.25) is 0 Å². The van der Waals surface area contributed by atoms with Gasteiger partial charge in [0.05, 0.1) is 12.2 Å². The predicted molar refractivity (Wildman–Crippen MR) is 64.1 cm³/mol. The number of benzene rings is 1. The standard InChI is InChI=1S/C11H16N4O/c1-9(16)14-7-10(12)8-15(13)11-5-3-2-4-6-11/h2-6,8H,7,12-13H2,1H3,(H,14,16)/b10-8-. The first-order chi connectivity index (χ1) is 7.59. The molecule has 5 heteroatoms. The molecule has 0 saturated carbocycles. The normalized spacial score (nSPS) is 11.0. The van der Waals surface area contributed by atoms with E-state index in [1.54, 1.807) is 6.20 Å². The lowest BCUT2D eigenvalue weighted by molar-refractivity contribution is -0.118. The molecule has 86 valence electrons. The minimum absolute atomic E-state index is 0.125. The van der Waals surface area contributed by atoms with Crippen LogP contribution in [0.5, 0.6) is 0 Å². The number of hydrogen-bond acceptors (Lipinski definition) is 4. The van der Waals surface area contributed by atoms with Gasteiger partial charge < -0.3 is 11.1 Å². The van der Waals surface area contributed by atoms with E-state index in [-0.39, 0.29) is 12.5 Å². The molecule has 5 nitrogen and oxygen atoms in total. The van der Waals surface area contributed by atoms with Crippen LogP contribution < -0.4 is 21.9 Å². The van der Waals surface area contributed by atoms with Crippen molar-refractivity contribution in [3.63, 3.8) is 0 Å². The number of carbonyl (C=O) groups is 1. The maximum atomic E-state index is 10.7. The predicted octanol–water partition coefficient (Wildman–Crippen LogP) is 0.303. The van der Waals surface area contributed by atoms with Crippen molar-refractivity contribution in [1.82, 2.24) is 5.32 Å². The quantitative estimate of drug-likeness (QED) is 0.503. The van der Waals surface area contributed by atoms with E-state index in [0.29, 0.717) is 5.70 Å². The second-order valence-electron chi connectivity index (χ2n) is 3.36. The first kappa shape index (κ1) is 12.1. The van der Waals surface area contributed by atoms with Crippen LogP contribution >= 0.6 is 0 Å². The van der Waals surface area contributed by atoms with E-state index in [2.05, 4.69) is 5.32 Å². The number of nitrogens with one attached hydrogen (secondary N) is 1. The summed E-state index contributed by atoms with van der Waals surface area (Å²) in [7, 11) is 0. The number of anilines is 1. The molecule has 1 aromatic rings. The average Bonchev–Trinajstić information content (AvgIpc) is 2.27. The SMILES string of the molecule is CC(=O)NC/C(N)=C/N(N)c1ccccc1. The third-order valence-electron chi connectivity index (χ3n) is 1.90. The second-order valence-corrected chi connectivity index (χ2v) is 3.36. The molecule has 1 aromatic carbocycles. The Hall–Kier alpha value is -2.01. The van der Waals surface area contributed by atoms with Crippen molar-refractivity contribution in [2.24, 2.45) is 11.6 Å². The zero-order valence-electron chi connectivity index (χ0n) is 9.18. The molecule has 0 aliphatic heterocycles. The van der Waals surface area contributed by atoms with E-state index in [1.807, 2.05) is 30.3 Å². The number of nitrogens with zero attached hydrogens (tertiary/aromatic N) is 1. The second kappa shape index (κ2) is 5.77. The summed E-state index contributed by atoms with van der Waals surface area (Å²) in [4.78, 5) is 10.7. The van der Waals surface area contributed by atoms with Gasteiger partial charge in [0.2, 0.25) is 5.91 Å². The van der Waals surface area contributed by atoms with E-state index in [4.69, 9.17) is 11.6 Å². The van der Waals surface area contributed by atoms with Crippen LogP contribution in [0.4, 0.5) is 5.69 Å². The fourth-order valence-electron chi connectivity index (χ4n) is 1.13. The number of hydrogen-bond donors (Lipinski definition) is 3. The van der Waals surface area contributed by atoms with Gasteiger partial charge in [-0.25, -0.2) is 5.84 Å². The lowest BCUT2D eigenvalue weighted by Gasteiger charge is -2.14. The molecule has 0 radical (unpaired) electrons. The van der Waals surface area contributed by atoms with Gasteiger partial charge in [-0.2, -0.15) is 0 Å². The fourth-order valence-corrected chi connectivity index (χ4v) is 1.13. The molecule has 0 unspecified atom stereocenters. The van der Waals surface area contributed by atoms with Crippen molar-refractivity contribution < 1.29 is 4.79 Å². The Kier molecular flexibility index (Phi) is 4.35. The number of hydrazine groups is 1. The molecule has 0 aromatic heterocycles. The molecule has 0 heterocycles. The molecule has 5 N–H and O–H groups in total. The average molecular weight is 220 g/mol. The minimum atomic E-state index is -0.125. The first-order valence-electron chi connectivity index (χ1n) is 4.89. The Bertz CT molecular complexity index is 375. The Labute approximate surface area is 94.7 Å². The van der Waals surface area contributed by atoms with Crippen molar-refractivity contribution in [3.05, 3.63) is 42.2 Å². The third-order valence-corrected chi connectivity index (χ3v) is 1.90. The van der Waals surface area contributed by atoms with Gasteiger partial charge in [-0.1, -0.05) is 18.2 Å². The zero-order chi connectivity index (χ0) is 12.0. The van der Waals surface area contributed by atoms with E-state index < -0.39 is 0 Å². The molecule has 16 heavy (non-hydrogen) atoms. The molecule has 0 aliphatic carbocycles. The van der Waals surface area contributed by atoms with E-state index >= 15 is 0 Å². The summed E-state index contributed by atoms with van der Waals surface area (Å²) in [6, 6.07) is 9.40. The van der Waals surface area contributed by atoms with Crippen molar-refractivity contribution in [2.45, 2.75) is 6.92 Å². The Morgan fingerprint density at radius 2 is 2.06 bits per heavy atom. The van der Waals surface area contributed by atoms with Gasteiger partial charge in [-0.3, -0.25) is 9.80 Å². The molecule has 0 fully saturated rings. The lowest BCUT2D eigenvalue weighted by atomic mass is 10.3. The lowest BCUT2D eigenvalue weighted by Crippen LogP contribution is -2.30. The third kappa shape index (κ3) is 4.02. The summed E-state index contributed by atoms with van der Waals surface area (Å²) in [6.07, 6.45) is 1.57. The largest absolute Gasteiger partial charge is 0.399 e. The van der Waals surface area contributed by atoms with Gasteiger partial charge in [0.15, 0.2) is 0 Å². The monoisotopic (exact) mass is 220 g/mol. The van der Waals surface area contributed by atoms with Crippen molar-refractivity contribution >= 4 is 11.6 Å². The van der Waals surface area contributed by atoms with Gasteiger partial charge in [0, 0.05) is 18.8 Å². The number of amides is 1. The molecule has 0 saturated heterocycles. The van der Waals surface area contributed by atoms with E-state index in [0.717, 1.165) is 5.69 Å². The molecule has 1 amide bonds. The molecule has 0 bridgehead atoms.